The Morgan fingerprint density at radius 1 is 1.23 bits per heavy atom. The number of carbonyl (C=O) groups is 2. The molecule has 1 aliphatic rings. The van der Waals surface area contributed by atoms with Gasteiger partial charge in [0.2, 0.25) is 5.78 Å². The van der Waals surface area contributed by atoms with Crippen LogP contribution in [0.5, 0.6) is 5.75 Å². The zero-order chi connectivity index (χ0) is 16.4. The number of aliphatic hydroxyl groups excluding tert-OH is 1. The molecule has 22 heavy (non-hydrogen) atoms. The second kappa shape index (κ2) is 6.15. The molecule has 1 aromatic rings. The predicted octanol–water partition coefficient (Wildman–Crippen LogP) is 2.30. The number of hydrogen-bond donors (Lipinski definition) is 1. The van der Waals surface area contributed by atoms with Gasteiger partial charge in [0, 0.05) is 17.6 Å². The van der Waals surface area contributed by atoms with Gasteiger partial charge in [0.25, 0.3) is 0 Å². The molecule has 0 spiro atoms. The van der Waals surface area contributed by atoms with E-state index in [2.05, 4.69) is 6.58 Å². The maximum atomic E-state index is 12.7. The number of benzene rings is 1. The number of aliphatic hydroxyl groups is 1. The Bertz CT molecular complexity index is 684. The van der Waals surface area contributed by atoms with Crippen LogP contribution in [-0.2, 0) is 4.74 Å². The summed E-state index contributed by atoms with van der Waals surface area (Å²) in [4.78, 5) is 25.3. The van der Waals surface area contributed by atoms with Crippen molar-refractivity contribution in [1.82, 2.24) is 0 Å². The van der Waals surface area contributed by atoms with Crippen LogP contribution in [0.1, 0.15) is 34.1 Å². The summed E-state index contributed by atoms with van der Waals surface area (Å²) < 4.78 is 10.3. The van der Waals surface area contributed by atoms with Crippen LogP contribution in [0, 0.1) is 0 Å². The number of allylic oxidation sites excluding steroid dienone is 1. The molecule has 2 rings (SSSR count). The van der Waals surface area contributed by atoms with E-state index in [9.17, 15) is 14.7 Å². The highest BCUT2D eigenvalue weighted by atomic mass is 16.5. The average molecular weight is 302 g/mol. The lowest BCUT2D eigenvalue weighted by Gasteiger charge is -2.23. The Morgan fingerprint density at radius 2 is 1.91 bits per heavy atom. The van der Waals surface area contributed by atoms with Crippen molar-refractivity contribution in [3.63, 3.8) is 0 Å². The van der Waals surface area contributed by atoms with Crippen LogP contribution in [0.15, 0.2) is 41.7 Å². The molecule has 0 aliphatic heterocycles. The van der Waals surface area contributed by atoms with Crippen LogP contribution >= 0.6 is 0 Å². The molecule has 0 amide bonds. The van der Waals surface area contributed by atoms with Crippen LogP contribution in [0.4, 0.5) is 0 Å². The number of rotatable bonds is 5. The molecule has 0 radical (unpaired) electrons. The quantitative estimate of drug-likeness (QED) is 0.845. The van der Waals surface area contributed by atoms with Crippen LogP contribution in [0.2, 0.25) is 0 Å². The maximum absolute atomic E-state index is 12.7. The van der Waals surface area contributed by atoms with Gasteiger partial charge in [-0.05, 0) is 13.0 Å². The molecule has 0 heterocycles. The second-order valence-corrected chi connectivity index (χ2v) is 5.12. The van der Waals surface area contributed by atoms with E-state index in [0.717, 1.165) is 0 Å². The van der Waals surface area contributed by atoms with Crippen molar-refractivity contribution in [3.8, 4) is 5.75 Å². The highest BCUT2D eigenvalue weighted by Crippen LogP contribution is 2.34. The third kappa shape index (κ3) is 2.55. The molecule has 0 saturated carbocycles. The minimum atomic E-state index is -0.913. The molecule has 5 nitrogen and oxygen atoms in total. The van der Waals surface area contributed by atoms with Gasteiger partial charge in [-0.2, -0.15) is 0 Å². The number of Topliss-reactive ketones (excluding diaryl/α,β-unsaturated/α-hetero) is 2. The molecule has 0 aromatic heterocycles. The van der Waals surface area contributed by atoms with Crippen LogP contribution in [0.3, 0.4) is 0 Å². The van der Waals surface area contributed by atoms with Crippen LogP contribution in [-0.4, -0.2) is 37.0 Å². The molecule has 0 bridgehead atoms. The molecule has 116 valence electrons. The Hall–Kier alpha value is -2.40. The first-order chi connectivity index (χ1) is 10.4. The molecule has 1 aliphatic carbocycles. The van der Waals surface area contributed by atoms with Gasteiger partial charge >= 0.3 is 0 Å². The minimum Gasteiger partial charge on any atom is -0.496 e. The van der Waals surface area contributed by atoms with Crippen molar-refractivity contribution in [3.05, 3.63) is 52.8 Å². The van der Waals surface area contributed by atoms with Gasteiger partial charge < -0.3 is 14.6 Å². The average Bonchev–Trinajstić information content (AvgIpc) is 2.51. The van der Waals surface area contributed by atoms with Crippen molar-refractivity contribution >= 4 is 11.6 Å². The zero-order valence-electron chi connectivity index (χ0n) is 12.8. The first kappa shape index (κ1) is 16.0. The number of fused-ring (bicyclic) bond motifs is 1. The summed E-state index contributed by atoms with van der Waals surface area (Å²) in [5.41, 5.74) is 1.12. The Labute approximate surface area is 128 Å². The minimum absolute atomic E-state index is 0.0142. The number of ether oxygens (including phenoxy) is 2. The van der Waals surface area contributed by atoms with Crippen LogP contribution in [0.25, 0.3) is 0 Å². The van der Waals surface area contributed by atoms with Gasteiger partial charge in [-0.3, -0.25) is 9.59 Å². The Kier molecular flexibility index (Phi) is 4.47. The Balaban J connectivity index is 2.58. The largest absolute Gasteiger partial charge is 0.496 e. The number of carbonyl (C=O) groups excluding carboxylic acids is 2. The monoisotopic (exact) mass is 302 g/mol. The van der Waals surface area contributed by atoms with Crippen molar-refractivity contribution in [2.75, 3.05) is 14.2 Å². The lowest BCUT2D eigenvalue weighted by molar-refractivity contribution is 0.0891. The fraction of sp³-hybridized carbons (Fsp3) is 0.294. The molecule has 5 heteroatoms. The highest BCUT2D eigenvalue weighted by molar-refractivity contribution is 6.27. The summed E-state index contributed by atoms with van der Waals surface area (Å²) in [5.74, 6) is -0.490. The molecule has 1 unspecified atom stereocenters. The summed E-state index contributed by atoms with van der Waals surface area (Å²) in [6, 6.07) is 4.83. The SMILES string of the molecule is C=C(C)C(O)CC1=C(OC)C(=O)c2c(OC)cccc2C1=O. The normalized spacial score (nSPS) is 15.5. The van der Waals surface area contributed by atoms with E-state index in [4.69, 9.17) is 9.47 Å². The van der Waals surface area contributed by atoms with E-state index in [0.29, 0.717) is 11.3 Å². The number of hydrogen-bond acceptors (Lipinski definition) is 5. The molecule has 0 fully saturated rings. The fourth-order valence-corrected chi connectivity index (χ4v) is 2.41. The summed E-state index contributed by atoms with van der Waals surface area (Å²) >= 11 is 0. The number of methoxy groups -OCH3 is 2. The standard InChI is InChI=1S/C17H18O5/c1-9(2)12(18)8-11-15(19)10-6-5-7-13(21-3)14(10)16(20)17(11)22-4/h5-7,12,18H,1,8H2,2-4H3. The number of ketones is 2. The van der Waals surface area contributed by atoms with Crippen LogP contribution < -0.4 is 4.74 Å². The molecular formula is C17H18O5. The second-order valence-electron chi connectivity index (χ2n) is 5.12. The Morgan fingerprint density at radius 3 is 2.45 bits per heavy atom. The molecular weight excluding hydrogens is 284 g/mol. The first-order valence-corrected chi connectivity index (χ1v) is 6.79. The van der Waals surface area contributed by atoms with Gasteiger partial charge in [-0.25, -0.2) is 0 Å². The summed E-state index contributed by atoms with van der Waals surface area (Å²) in [6.45, 7) is 5.31. The van der Waals surface area contributed by atoms with Crippen molar-refractivity contribution in [1.29, 1.82) is 0 Å². The summed E-state index contributed by atoms with van der Waals surface area (Å²) in [5, 5.41) is 9.97. The fourth-order valence-electron chi connectivity index (χ4n) is 2.41. The van der Waals surface area contributed by atoms with E-state index in [1.54, 1.807) is 25.1 Å². The van der Waals surface area contributed by atoms with Gasteiger partial charge in [-0.1, -0.05) is 24.3 Å². The first-order valence-electron chi connectivity index (χ1n) is 6.79. The topological polar surface area (TPSA) is 72.8 Å². The lowest BCUT2D eigenvalue weighted by atomic mass is 9.84. The van der Waals surface area contributed by atoms with Crippen molar-refractivity contribution < 1.29 is 24.2 Å². The van der Waals surface area contributed by atoms with Gasteiger partial charge in [0.05, 0.1) is 25.9 Å². The molecule has 0 saturated heterocycles. The zero-order valence-corrected chi connectivity index (χ0v) is 12.8. The van der Waals surface area contributed by atoms with Gasteiger partial charge in [-0.15, -0.1) is 0 Å². The van der Waals surface area contributed by atoms with E-state index in [1.165, 1.54) is 14.2 Å². The molecule has 1 N–H and O–H groups in total. The lowest BCUT2D eigenvalue weighted by Crippen LogP contribution is -2.26. The van der Waals surface area contributed by atoms with E-state index < -0.39 is 11.9 Å². The highest BCUT2D eigenvalue weighted by Gasteiger charge is 2.36. The summed E-state index contributed by atoms with van der Waals surface area (Å²) in [6.07, 6.45) is -0.927. The third-order valence-corrected chi connectivity index (χ3v) is 3.64. The van der Waals surface area contributed by atoms with E-state index >= 15 is 0 Å². The molecule has 1 atom stereocenters. The van der Waals surface area contributed by atoms with E-state index in [-0.39, 0.29) is 34.7 Å². The predicted molar refractivity (Wildman–Crippen MR) is 81.1 cm³/mol. The smallest absolute Gasteiger partial charge is 0.232 e. The van der Waals surface area contributed by atoms with Crippen molar-refractivity contribution in [2.45, 2.75) is 19.4 Å². The van der Waals surface area contributed by atoms with E-state index in [1.807, 2.05) is 0 Å². The third-order valence-electron chi connectivity index (χ3n) is 3.64. The van der Waals surface area contributed by atoms with Crippen molar-refractivity contribution in [2.24, 2.45) is 0 Å². The molecule has 1 aromatic carbocycles. The van der Waals surface area contributed by atoms with Gasteiger partial charge in [0.15, 0.2) is 11.5 Å². The van der Waals surface area contributed by atoms with Gasteiger partial charge in [0.1, 0.15) is 5.75 Å². The summed E-state index contributed by atoms with van der Waals surface area (Å²) in [7, 11) is 2.76. The maximum Gasteiger partial charge on any atom is 0.232 e.